The van der Waals surface area contributed by atoms with E-state index < -0.39 is 50.1 Å². The van der Waals surface area contributed by atoms with Gasteiger partial charge in [-0.2, -0.15) is 0 Å². The van der Waals surface area contributed by atoms with Gasteiger partial charge in [-0.05, 0) is 0 Å². The monoisotopic (exact) mass is 322 g/mol. The fourth-order valence-corrected chi connectivity index (χ4v) is 2.27. The van der Waals surface area contributed by atoms with Crippen LogP contribution in [0.3, 0.4) is 0 Å². The predicted octanol–water partition coefficient (Wildman–Crippen LogP) is -3.93. The fourth-order valence-electron chi connectivity index (χ4n) is 1.94. The highest BCUT2D eigenvalue weighted by Crippen LogP contribution is 2.34. The summed E-state index contributed by atoms with van der Waals surface area (Å²) in [5.74, 6) is 0. The van der Waals surface area contributed by atoms with Crippen molar-refractivity contribution in [3.05, 3.63) is 32.6 Å². The molecule has 0 saturated carbocycles. The zero-order valence-corrected chi connectivity index (χ0v) is 11.2. The standard InChI is InChI=1S/C9H13N2O9P/c12-5-4(2-19-21(16,17)18)20-7(6(5)13)3-1-10-9(15)11-8(3)14/h1,4-7,12-13H,2H2,(H2,16,17,18)(H2,10,11,14,15)/p-2/t4-,5?,6?,7+/m1/s1. The van der Waals surface area contributed by atoms with Gasteiger partial charge in [-0.15, -0.1) is 0 Å². The summed E-state index contributed by atoms with van der Waals surface area (Å²) in [7, 11) is -5.26. The van der Waals surface area contributed by atoms with Crippen molar-refractivity contribution in [2.45, 2.75) is 24.4 Å². The number of hydrogen-bond donors (Lipinski definition) is 4. The Labute approximate surface area is 116 Å². The van der Waals surface area contributed by atoms with Crippen LogP contribution in [-0.4, -0.2) is 45.1 Å². The van der Waals surface area contributed by atoms with Crippen molar-refractivity contribution in [2.75, 3.05) is 6.61 Å². The van der Waals surface area contributed by atoms with E-state index in [0.29, 0.717) is 0 Å². The van der Waals surface area contributed by atoms with Crippen LogP contribution < -0.4 is 21.0 Å². The van der Waals surface area contributed by atoms with Gasteiger partial charge in [-0.1, -0.05) is 0 Å². The van der Waals surface area contributed by atoms with Gasteiger partial charge in [0, 0.05) is 6.20 Å². The van der Waals surface area contributed by atoms with Gasteiger partial charge in [0.1, 0.15) is 24.4 Å². The maximum atomic E-state index is 11.6. The van der Waals surface area contributed by atoms with Gasteiger partial charge >= 0.3 is 5.69 Å². The van der Waals surface area contributed by atoms with Gasteiger partial charge in [0.05, 0.1) is 20.0 Å². The van der Waals surface area contributed by atoms with E-state index in [1.807, 2.05) is 4.98 Å². The first-order chi connectivity index (χ1) is 9.69. The SMILES string of the molecule is O=c1[nH]cc([C@@H]2O[C@H](COP(=O)([O-])[O-])C(O)C2O)c(=O)[nH]1. The number of ether oxygens (including phenoxy) is 1. The first-order valence-electron chi connectivity index (χ1n) is 5.69. The van der Waals surface area contributed by atoms with Gasteiger partial charge in [0.25, 0.3) is 5.56 Å². The molecule has 1 aliphatic rings. The molecule has 118 valence electrons. The third kappa shape index (κ3) is 3.66. The minimum absolute atomic E-state index is 0.170. The van der Waals surface area contributed by atoms with Crippen molar-refractivity contribution in [3.63, 3.8) is 0 Å². The average Bonchev–Trinajstić information content (AvgIpc) is 2.64. The maximum absolute atomic E-state index is 11.6. The van der Waals surface area contributed by atoms with Gasteiger partial charge in [-0.25, -0.2) is 4.79 Å². The van der Waals surface area contributed by atoms with Crippen molar-refractivity contribution < 1.29 is 33.8 Å². The smallest absolute Gasteiger partial charge is 0.325 e. The van der Waals surface area contributed by atoms with E-state index in [0.717, 1.165) is 6.20 Å². The molecule has 12 heteroatoms. The van der Waals surface area contributed by atoms with Crippen LogP contribution in [0, 0.1) is 0 Å². The Balaban J connectivity index is 2.18. The molecule has 2 heterocycles. The number of H-pyrrole nitrogens is 2. The van der Waals surface area contributed by atoms with Crippen molar-refractivity contribution in [1.29, 1.82) is 0 Å². The number of phosphoric acid groups is 1. The predicted molar refractivity (Wildman–Crippen MR) is 60.9 cm³/mol. The van der Waals surface area contributed by atoms with Crippen molar-refractivity contribution >= 4 is 7.82 Å². The molecule has 1 aliphatic heterocycles. The zero-order valence-electron chi connectivity index (χ0n) is 10.3. The van der Waals surface area contributed by atoms with E-state index in [1.54, 1.807) is 0 Å². The third-order valence-corrected chi connectivity index (χ3v) is 3.38. The third-order valence-electron chi connectivity index (χ3n) is 2.91. The Morgan fingerprint density at radius 1 is 1.33 bits per heavy atom. The molecule has 0 bridgehead atoms. The van der Waals surface area contributed by atoms with Crippen molar-refractivity contribution in [3.8, 4) is 0 Å². The number of rotatable bonds is 4. The minimum atomic E-state index is -5.26. The minimum Gasteiger partial charge on any atom is -0.790 e. The second-order valence-corrected chi connectivity index (χ2v) is 5.50. The molecule has 4 atom stereocenters. The van der Waals surface area contributed by atoms with E-state index in [4.69, 9.17) is 4.74 Å². The van der Waals surface area contributed by atoms with Crippen molar-refractivity contribution in [1.82, 2.24) is 9.97 Å². The summed E-state index contributed by atoms with van der Waals surface area (Å²) in [5.41, 5.74) is -1.78. The molecule has 11 nitrogen and oxygen atoms in total. The van der Waals surface area contributed by atoms with Crippen LogP contribution in [-0.2, 0) is 13.8 Å². The Morgan fingerprint density at radius 2 is 2.00 bits per heavy atom. The molecule has 0 aliphatic carbocycles. The number of phosphoric ester groups is 1. The molecule has 0 spiro atoms. The van der Waals surface area contributed by atoms with E-state index in [9.17, 15) is 34.2 Å². The normalized spacial score (nSPS) is 29.7. The van der Waals surface area contributed by atoms with Crippen LogP contribution in [0.5, 0.6) is 0 Å². The summed E-state index contributed by atoms with van der Waals surface area (Å²) in [6, 6.07) is 0. The van der Waals surface area contributed by atoms with Crippen LogP contribution in [0.25, 0.3) is 0 Å². The Hall–Kier alpha value is -1.33. The van der Waals surface area contributed by atoms with E-state index in [1.165, 1.54) is 0 Å². The fraction of sp³-hybridized carbons (Fsp3) is 0.556. The summed E-state index contributed by atoms with van der Waals surface area (Å²) >= 11 is 0. The van der Waals surface area contributed by atoms with E-state index >= 15 is 0 Å². The lowest BCUT2D eigenvalue weighted by molar-refractivity contribution is -0.343. The lowest BCUT2D eigenvalue weighted by Crippen LogP contribution is -2.35. The summed E-state index contributed by atoms with van der Waals surface area (Å²) in [5, 5.41) is 19.5. The summed E-state index contributed by atoms with van der Waals surface area (Å²) in [6.45, 7) is -0.805. The van der Waals surface area contributed by atoms with Crippen molar-refractivity contribution in [2.24, 2.45) is 0 Å². The lowest BCUT2D eigenvalue weighted by Gasteiger charge is -2.30. The number of aromatic nitrogens is 2. The number of aliphatic hydroxyl groups is 2. The molecule has 0 radical (unpaired) electrons. The first-order valence-corrected chi connectivity index (χ1v) is 7.15. The molecule has 0 aromatic carbocycles. The maximum Gasteiger partial charge on any atom is 0.325 e. The van der Waals surface area contributed by atoms with Crippen LogP contribution in [0.15, 0.2) is 15.8 Å². The molecule has 2 unspecified atom stereocenters. The van der Waals surface area contributed by atoms with Gasteiger partial charge in [0.15, 0.2) is 0 Å². The molecule has 1 aromatic heterocycles. The van der Waals surface area contributed by atoms with E-state index in [-0.39, 0.29) is 5.56 Å². The van der Waals surface area contributed by atoms with Crippen LogP contribution in [0.2, 0.25) is 0 Å². The first kappa shape index (κ1) is 16.0. The molecule has 21 heavy (non-hydrogen) atoms. The molecule has 0 amide bonds. The second-order valence-electron chi connectivity index (χ2n) is 4.35. The Kier molecular flexibility index (Phi) is 4.44. The largest absolute Gasteiger partial charge is 0.790 e. The zero-order chi connectivity index (χ0) is 15.8. The topological polar surface area (TPSA) is 188 Å². The second kappa shape index (κ2) is 5.81. The van der Waals surface area contributed by atoms with Gasteiger partial charge < -0.3 is 38.8 Å². The molecule has 1 aromatic rings. The van der Waals surface area contributed by atoms with E-state index in [2.05, 4.69) is 9.51 Å². The lowest BCUT2D eigenvalue weighted by atomic mass is 10.0. The molecule has 2 rings (SSSR count). The summed E-state index contributed by atoms with van der Waals surface area (Å²) in [4.78, 5) is 47.3. The molecular weight excluding hydrogens is 311 g/mol. The summed E-state index contributed by atoms with van der Waals surface area (Å²) in [6.07, 6.45) is -4.78. The Morgan fingerprint density at radius 3 is 2.57 bits per heavy atom. The molecule has 1 fully saturated rings. The molecule has 1 saturated heterocycles. The van der Waals surface area contributed by atoms with Crippen LogP contribution in [0.4, 0.5) is 0 Å². The number of aliphatic hydroxyl groups excluding tert-OH is 2. The summed E-state index contributed by atoms with van der Waals surface area (Å²) < 4.78 is 19.5. The molecule has 4 N–H and O–H groups in total. The highest BCUT2D eigenvalue weighted by molar-refractivity contribution is 7.43. The number of aromatic amines is 2. The van der Waals surface area contributed by atoms with Crippen LogP contribution in [0.1, 0.15) is 11.7 Å². The highest BCUT2D eigenvalue weighted by Gasteiger charge is 2.44. The Bertz CT molecular complexity index is 664. The molecular formula is C9H11N2O9P-2. The number of nitrogens with one attached hydrogen (secondary N) is 2. The average molecular weight is 322 g/mol. The quantitative estimate of drug-likeness (QED) is 0.401. The number of hydrogen-bond acceptors (Lipinski definition) is 9. The highest BCUT2D eigenvalue weighted by atomic mass is 31.2. The van der Waals surface area contributed by atoms with Crippen LogP contribution >= 0.6 is 7.82 Å². The van der Waals surface area contributed by atoms with Gasteiger partial charge in [-0.3, -0.25) is 9.78 Å². The van der Waals surface area contributed by atoms with Gasteiger partial charge in [0.2, 0.25) is 0 Å².